The summed E-state index contributed by atoms with van der Waals surface area (Å²) in [5.41, 5.74) is 1.17. The number of aromatic amines is 1. The molecule has 0 radical (unpaired) electrons. The average molecular weight is 168 g/mol. The zero-order chi connectivity index (χ0) is 8.27. The third-order valence-electron chi connectivity index (χ3n) is 1.37. The Hall–Kier alpha value is -0.700. The van der Waals surface area contributed by atoms with E-state index in [1.165, 1.54) is 5.69 Å². The van der Waals surface area contributed by atoms with Crippen molar-refractivity contribution in [2.24, 2.45) is 5.92 Å². The number of aromatic nitrogens is 2. The van der Waals surface area contributed by atoms with Gasteiger partial charge in [0.25, 0.3) is 0 Å². The highest BCUT2D eigenvalue weighted by Crippen LogP contribution is 2.03. The molecule has 1 heterocycles. The first-order valence-electron chi connectivity index (χ1n) is 3.72. The molecule has 3 heteroatoms. The van der Waals surface area contributed by atoms with Gasteiger partial charge in [0, 0.05) is 5.69 Å². The fourth-order valence-electron chi connectivity index (χ4n) is 0.964. The van der Waals surface area contributed by atoms with Crippen molar-refractivity contribution < 1.29 is 0 Å². The lowest BCUT2D eigenvalue weighted by molar-refractivity contribution is 0.633. The molecule has 0 aliphatic heterocycles. The average Bonchev–Trinajstić information content (AvgIpc) is 1.85. The molecule has 0 aliphatic rings. The molecule has 0 aliphatic carbocycles. The van der Waals surface area contributed by atoms with Crippen LogP contribution in [0.5, 0.6) is 0 Å². The van der Waals surface area contributed by atoms with Crippen LogP contribution >= 0.6 is 12.2 Å². The van der Waals surface area contributed by atoms with E-state index in [2.05, 4.69) is 23.8 Å². The van der Waals surface area contributed by atoms with E-state index in [1.54, 1.807) is 6.33 Å². The first-order chi connectivity index (χ1) is 5.18. The Kier molecular flexibility index (Phi) is 2.76. The molecule has 0 spiro atoms. The Morgan fingerprint density at radius 1 is 1.64 bits per heavy atom. The first kappa shape index (κ1) is 8.40. The van der Waals surface area contributed by atoms with Crippen LogP contribution in [0.3, 0.4) is 0 Å². The monoisotopic (exact) mass is 168 g/mol. The minimum Gasteiger partial charge on any atom is -0.350 e. The topological polar surface area (TPSA) is 28.7 Å². The van der Waals surface area contributed by atoms with Crippen molar-refractivity contribution in [1.29, 1.82) is 0 Å². The Morgan fingerprint density at radius 2 is 2.36 bits per heavy atom. The van der Waals surface area contributed by atoms with Crippen molar-refractivity contribution in [3.63, 3.8) is 0 Å². The SMILES string of the molecule is CC(C)Cc1cc(=S)nc[nH]1. The summed E-state index contributed by atoms with van der Waals surface area (Å²) >= 11 is 4.92. The van der Waals surface area contributed by atoms with E-state index < -0.39 is 0 Å². The molecule has 11 heavy (non-hydrogen) atoms. The smallest absolute Gasteiger partial charge is 0.129 e. The van der Waals surface area contributed by atoms with Crippen molar-refractivity contribution in [2.45, 2.75) is 20.3 Å². The maximum absolute atomic E-state index is 4.92. The number of H-pyrrole nitrogens is 1. The second kappa shape index (κ2) is 3.62. The van der Waals surface area contributed by atoms with Gasteiger partial charge in [0.15, 0.2) is 0 Å². The van der Waals surface area contributed by atoms with Crippen LogP contribution in [-0.4, -0.2) is 9.97 Å². The van der Waals surface area contributed by atoms with Gasteiger partial charge in [-0.3, -0.25) is 0 Å². The van der Waals surface area contributed by atoms with Crippen LogP contribution in [0.1, 0.15) is 19.5 Å². The maximum Gasteiger partial charge on any atom is 0.129 e. The third kappa shape index (κ3) is 2.80. The van der Waals surface area contributed by atoms with Crippen LogP contribution in [0.2, 0.25) is 0 Å². The Bertz CT molecular complexity index is 277. The summed E-state index contributed by atoms with van der Waals surface area (Å²) in [6.07, 6.45) is 2.69. The summed E-state index contributed by atoms with van der Waals surface area (Å²) in [4.78, 5) is 6.97. The quantitative estimate of drug-likeness (QED) is 0.687. The van der Waals surface area contributed by atoms with E-state index in [9.17, 15) is 0 Å². The van der Waals surface area contributed by atoms with Gasteiger partial charge in [-0.2, -0.15) is 0 Å². The lowest BCUT2D eigenvalue weighted by Gasteiger charge is -2.02. The van der Waals surface area contributed by atoms with Gasteiger partial charge in [-0.05, 0) is 18.4 Å². The highest BCUT2D eigenvalue weighted by Gasteiger charge is 1.96. The van der Waals surface area contributed by atoms with Gasteiger partial charge >= 0.3 is 0 Å². The molecule has 1 aromatic heterocycles. The van der Waals surface area contributed by atoms with Gasteiger partial charge in [0.2, 0.25) is 0 Å². The molecule has 2 nitrogen and oxygen atoms in total. The Labute approximate surface area is 71.7 Å². The zero-order valence-corrected chi connectivity index (χ0v) is 7.61. The number of hydrogen-bond donors (Lipinski definition) is 1. The molecular formula is C8H12N2S. The molecule has 0 amide bonds. The van der Waals surface area contributed by atoms with Crippen molar-refractivity contribution in [1.82, 2.24) is 9.97 Å². The minimum absolute atomic E-state index is 0.656. The Morgan fingerprint density at radius 3 is 2.91 bits per heavy atom. The van der Waals surface area contributed by atoms with Gasteiger partial charge in [-0.1, -0.05) is 26.1 Å². The van der Waals surface area contributed by atoms with E-state index in [0.29, 0.717) is 10.6 Å². The van der Waals surface area contributed by atoms with E-state index >= 15 is 0 Å². The third-order valence-corrected chi connectivity index (χ3v) is 1.59. The largest absolute Gasteiger partial charge is 0.350 e. The van der Waals surface area contributed by atoms with E-state index in [0.717, 1.165) is 6.42 Å². The molecular weight excluding hydrogens is 156 g/mol. The fraction of sp³-hybridized carbons (Fsp3) is 0.500. The highest BCUT2D eigenvalue weighted by atomic mass is 32.1. The highest BCUT2D eigenvalue weighted by molar-refractivity contribution is 7.71. The molecule has 0 saturated heterocycles. The van der Waals surface area contributed by atoms with Crippen LogP contribution in [0.15, 0.2) is 12.4 Å². The van der Waals surface area contributed by atoms with Crippen LogP contribution < -0.4 is 0 Å². The van der Waals surface area contributed by atoms with E-state index in [-0.39, 0.29) is 0 Å². The number of nitrogens with one attached hydrogen (secondary N) is 1. The summed E-state index contributed by atoms with van der Waals surface area (Å²) in [5, 5.41) is 0. The van der Waals surface area contributed by atoms with Crippen molar-refractivity contribution in [3.8, 4) is 0 Å². The molecule has 0 fully saturated rings. The van der Waals surface area contributed by atoms with E-state index in [1.807, 2.05) is 6.07 Å². The summed E-state index contributed by atoms with van der Waals surface area (Å²) < 4.78 is 0.666. The first-order valence-corrected chi connectivity index (χ1v) is 4.13. The normalized spacial score (nSPS) is 10.5. The van der Waals surface area contributed by atoms with Crippen molar-refractivity contribution >= 4 is 12.2 Å². The van der Waals surface area contributed by atoms with Gasteiger partial charge in [-0.15, -0.1) is 0 Å². The molecule has 1 N–H and O–H groups in total. The van der Waals surface area contributed by atoms with Crippen LogP contribution in [-0.2, 0) is 6.42 Å². The molecule has 1 aromatic rings. The summed E-state index contributed by atoms with van der Waals surface area (Å²) in [5.74, 6) is 0.656. The molecule has 0 atom stereocenters. The zero-order valence-electron chi connectivity index (χ0n) is 6.79. The van der Waals surface area contributed by atoms with Gasteiger partial charge in [0.05, 0.1) is 6.33 Å². The second-order valence-corrected chi connectivity index (χ2v) is 3.43. The summed E-state index contributed by atoms with van der Waals surface area (Å²) in [7, 11) is 0. The van der Waals surface area contributed by atoms with Crippen LogP contribution in [0.25, 0.3) is 0 Å². The molecule has 0 aromatic carbocycles. The lowest BCUT2D eigenvalue weighted by Crippen LogP contribution is -1.97. The lowest BCUT2D eigenvalue weighted by atomic mass is 10.1. The van der Waals surface area contributed by atoms with Crippen molar-refractivity contribution in [2.75, 3.05) is 0 Å². The van der Waals surface area contributed by atoms with Crippen LogP contribution in [0, 0.1) is 10.6 Å². The minimum atomic E-state index is 0.656. The standard InChI is InChI=1S/C8H12N2S/c1-6(2)3-7-4-8(11)10-5-9-7/h4-6H,3H2,1-2H3,(H,9,10,11). The van der Waals surface area contributed by atoms with Gasteiger partial charge in [-0.25, -0.2) is 4.98 Å². The molecule has 0 unspecified atom stereocenters. The van der Waals surface area contributed by atoms with Crippen LogP contribution in [0.4, 0.5) is 0 Å². The molecule has 1 rings (SSSR count). The molecule has 0 bridgehead atoms. The van der Waals surface area contributed by atoms with E-state index in [4.69, 9.17) is 12.2 Å². The summed E-state index contributed by atoms with van der Waals surface area (Å²) in [6.45, 7) is 4.36. The molecule has 0 saturated carbocycles. The number of nitrogens with zero attached hydrogens (tertiary/aromatic N) is 1. The van der Waals surface area contributed by atoms with Gasteiger partial charge in [0.1, 0.15) is 4.64 Å². The predicted molar refractivity (Wildman–Crippen MR) is 48.0 cm³/mol. The predicted octanol–water partition coefficient (Wildman–Crippen LogP) is 2.34. The maximum atomic E-state index is 4.92. The molecule has 60 valence electrons. The number of hydrogen-bond acceptors (Lipinski definition) is 2. The summed E-state index contributed by atoms with van der Waals surface area (Å²) in [6, 6.07) is 1.91. The number of rotatable bonds is 2. The second-order valence-electron chi connectivity index (χ2n) is 3.01. The van der Waals surface area contributed by atoms with Crippen molar-refractivity contribution in [3.05, 3.63) is 22.7 Å². The Balaban J connectivity index is 2.80. The fourth-order valence-corrected chi connectivity index (χ4v) is 1.16. The van der Waals surface area contributed by atoms with Gasteiger partial charge < -0.3 is 4.98 Å².